The Labute approximate surface area is 255 Å². The molecule has 2 N–H and O–H groups in total. The van der Waals surface area contributed by atoms with Gasteiger partial charge in [-0.2, -0.15) is 0 Å². The molecule has 0 atom stereocenters. The highest BCUT2D eigenvalue weighted by Crippen LogP contribution is 2.41. The number of aromatic nitrogens is 2. The molecule has 6 aromatic rings. The Morgan fingerprint density at radius 2 is 1.52 bits per heavy atom. The topological polar surface area (TPSA) is 112 Å². The number of benzene rings is 4. The molecule has 0 bridgehead atoms. The molecule has 220 valence electrons. The van der Waals surface area contributed by atoms with Crippen LogP contribution in [0.25, 0.3) is 44.2 Å². The van der Waals surface area contributed by atoms with Gasteiger partial charge in [0.2, 0.25) is 5.91 Å². The number of fused-ring (bicyclic) bond motifs is 3. The standard InChI is InChI=1S/C35H30N4O4S/c1-39(2)31(40)21-37-35(41)26-16-14-24(15-17-26)29-20-36-34-33(32(29)25-9-5-3-6-10-25)28-19-23(13-18-30(28)38-34)22-44(42,43)27-11-7-4-8-12-27/h3-20H,21-22H2,1-2H3,(H,36,38)(H,37,41). The lowest BCUT2D eigenvalue weighted by molar-refractivity contribution is -0.127. The first-order valence-electron chi connectivity index (χ1n) is 14.1. The highest BCUT2D eigenvalue weighted by Gasteiger charge is 2.20. The molecule has 2 aromatic heterocycles. The van der Waals surface area contributed by atoms with Crippen LogP contribution in [0.3, 0.4) is 0 Å². The van der Waals surface area contributed by atoms with Gasteiger partial charge in [-0.3, -0.25) is 9.59 Å². The zero-order chi connectivity index (χ0) is 30.8. The van der Waals surface area contributed by atoms with Gasteiger partial charge in [0.1, 0.15) is 5.65 Å². The Kier molecular flexibility index (Phi) is 7.71. The van der Waals surface area contributed by atoms with Gasteiger partial charge < -0.3 is 15.2 Å². The molecule has 9 heteroatoms. The van der Waals surface area contributed by atoms with E-state index in [1.54, 1.807) is 56.6 Å². The summed E-state index contributed by atoms with van der Waals surface area (Å²) in [5.74, 6) is -0.656. The van der Waals surface area contributed by atoms with Crippen LogP contribution in [0.2, 0.25) is 0 Å². The van der Waals surface area contributed by atoms with Crippen molar-refractivity contribution in [2.24, 2.45) is 0 Å². The molecular formula is C35H30N4O4S. The summed E-state index contributed by atoms with van der Waals surface area (Å²) in [6.07, 6.45) is 1.81. The average molecular weight is 603 g/mol. The minimum Gasteiger partial charge on any atom is -0.347 e. The third kappa shape index (κ3) is 5.69. The van der Waals surface area contributed by atoms with E-state index in [4.69, 9.17) is 4.98 Å². The molecule has 2 heterocycles. The van der Waals surface area contributed by atoms with E-state index in [-0.39, 0.29) is 29.0 Å². The minimum absolute atomic E-state index is 0.0818. The van der Waals surface area contributed by atoms with Crippen LogP contribution in [0.5, 0.6) is 0 Å². The number of pyridine rings is 1. The summed E-state index contributed by atoms with van der Waals surface area (Å²) in [5.41, 5.74) is 6.29. The van der Waals surface area contributed by atoms with Gasteiger partial charge in [0.05, 0.1) is 17.2 Å². The number of carbonyl (C=O) groups is 2. The second-order valence-electron chi connectivity index (χ2n) is 10.8. The number of hydrogen-bond acceptors (Lipinski definition) is 5. The number of sulfone groups is 1. The molecule has 0 unspecified atom stereocenters. The van der Waals surface area contributed by atoms with Crippen LogP contribution >= 0.6 is 0 Å². The molecule has 8 nitrogen and oxygen atoms in total. The van der Waals surface area contributed by atoms with Crippen LogP contribution < -0.4 is 5.32 Å². The molecule has 0 aliphatic carbocycles. The van der Waals surface area contributed by atoms with Crippen molar-refractivity contribution in [2.75, 3.05) is 20.6 Å². The SMILES string of the molecule is CN(C)C(=O)CNC(=O)c1ccc(-c2cnc3[nH]c4ccc(CS(=O)(=O)c5ccccc5)cc4c3c2-c2ccccc2)cc1. The lowest BCUT2D eigenvalue weighted by Gasteiger charge is -2.13. The number of aromatic amines is 1. The largest absolute Gasteiger partial charge is 0.347 e. The maximum Gasteiger partial charge on any atom is 0.251 e. The number of nitrogens with one attached hydrogen (secondary N) is 2. The summed E-state index contributed by atoms with van der Waals surface area (Å²) >= 11 is 0. The second kappa shape index (κ2) is 11.8. The first-order valence-corrected chi connectivity index (χ1v) is 15.7. The Morgan fingerprint density at radius 3 is 2.20 bits per heavy atom. The van der Waals surface area contributed by atoms with E-state index in [0.717, 1.165) is 38.5 Å². The molecule has 0 aliphatic rings. The number of carbonyl (C=O) groups excluding carboxylic acids is 2. The van der Waals surface area contributed by atoms with Gasteiger partial charge in [-0.15, -0.1) is 0 Å². The zero-order valence-corrected chi connectivity index (χ0v) is 25.1. The van der Waals surface area contributed by atoms with Crippen LogP contribution in [-0.4, -0.2) is 55.7 Å². The Bertz CT molecular complexity index is 2110. The van der Waals surface area contributed by atoms with Crippen LogP contribution in [0, 0.1) is 0 Å². The number of rotatable bonds is 8. The van der Waals surface area contributed by atoms with Gasteiger partial charge in [0.15, 0.2) is 9.84 Å². The van der Waals surface area contributed by atoms with Gasteiger partial charge in [-0.25, -0.2) is 13.4 Å². The molecule has 6 rings (SSSR count). The highest BCUT2D eigenvalue weighted by molar-refractivity contribution is 7.90. The summed E-state index contributed by atoms with van der Waals surface area (Å²) in [7, 11) is -0.259. The summed E-state index contributed by atoms with van der Waals surface area (Å²) in [5, 5.41) is 4.41. The Morgan fingerprint density at radius 1 is 0.841 bits per heavy atom. The van der Waals surface area contributed by atoms with E-state index in [1.165, 1.54) is 4.90 Å². The fourth-order valence-electron chi connectivity index (χ4n) is 5.26. The Hall–Kier alpha value is -5.28. The van der Waals surface area contributed by atoms with E-state index < -0.39 is 9.84 Å². The number of amides is 2. The van der Waals surface area contributed by atoms with Crippen molar-refractivity contribution < 1.29 is 18.0 Å². The van der Waals surface area contributed by atoms with Crippen molar-refractivity contribution in [3.63, 3.8) is 0 Å². The summed E-state index contributed by atoms with van der Waals surface area (Å²) in [6, 6.07) is 31.3. The Balaban J connectivity index is 1.44. The lowest BCUT2D eigenvalue weighted by Crippen LogP contribution is -2.36. The molecule has 0 fully saturated rings. The summed E-state index contributed by atoms with van der Waals surface area (Å²) in [6.45, 7) is -0.0818. The first-order chi connectivity index (χ1) is 21.2. The number of hydrogen-bond donors (Lipinski definition) is 2. The van der Waals surface area contributed by atoms with Crippen molar-refractivity contribution in [3.8, 4) is 22.3 Å². The molecule has 0 spiro atoms. The van der Waals surface area contributed by atoms with Gasteiger partial charge >= 0.3 is 0 Å². The van der Waals surface area contributed by atoms with Crippen LogP contribution in [0.1, 0.15) is 15.9 Å². The van der Waals surface area contributed by atoms with E-state index >= 15 is 0 Å². The third-order valence-electron chi connectivity index (χ3n) is 7.56. The molecule has 2 amide bonds. The normalized spacial score (nSPS) is 11.5. The fraction of sp³-hybridized carbons (Fsp3) is 0.114. The van der Waals surface area contributed by atoms with E-state index in [1.807, 2.05) is 66.9 Å². The van der Waals surface area contributed by atoms with Gasteiger partial charge in [-0.05, 0) is 53.1 Å². The van der Waals surface area contributed by atoms with E-state index in [9.17, 15) is 18.0 Å². The molecule has 0 saturated carbocycles. The van der Waals surface area contributed by atoms with Crippen LogP contribution in [0.15, 0.2) is 114 Å². The molecule has 44 heavy (non-hydrogen) atoms. The highest BCUT2D eigenvalue weighted by atomic mass is 32.2. The lowest BCUT2D eigenvalue weighted by atomic mass is 9.92. The van der Waals surface area contributed by atoms with Crippen molar-refractivity contribution in [1.29, 1.82) is 0 Å². The van der Waals surface area contributed by atoms with Gasteiger partial charge in [-0.1, -0.05) is 66.7 Å². The predicted molar refractivity (Wildman–Crippen MR) is 173 cm³/mol. The smallest absolute Gasteiger partial charge is 0.251 e. The molecule has 0 saturated heterocycles. The van der Waals surface area contributed by atoms with Crippen molar-refractivity contribution >= 4 is 43.6 Å². The number of H-pyrrole nitrogens is 1. The average Bonchev–Trinajstić information content (AvgIpc) is 3.41. The minimum atomic E-state index is -3.54. The molecule has 4 aromatic carbocycles. The maximum atomic E-state index is 13.2. The van der Waals surface area contributed by atoms with Gasteiger partial charge in [0.25, 0.3) is 5.91 Å². The zero-order valence-electron chi connectivity index (χ0n) is 24.2. The summed E-state index contributed by atoms with van der Waals surface area (Å²) < 4.78 is 26.4. The van der Waals surface area contributed by atoms with Crippen LogP contribution in [0.4, 0.5) is 0 Å². The predicted octanol–water partition coefficient (Wildman–Crippen LogP) is 5.84. The monoisotopic (exact) mass is 602 g/mol. The van der Waals surface area contributed by atoms with Crippen molar-refractivity contribution in [3.05, 3.63) is 120 Å². The quantitative estimate of drug-likeness (QED) is 0.227. The maximum absolute atomic E-state index is 13.2. The third-order valence-corrected chi connectivity index (χ3v) is 9.27. The molecular weight excluding hydrogens is 572 g/mol. The number of nitrogens with zero attached hydrogens (tertiary/aromatic N) is 2. The first kappa shape index (κ1) is 28.8. The molecule has 0 radical (unpaired) electrons. The molecule has 0 aliphatic heterocycles. The van der Waals surface area contributed by atoms with Crippen molar-refractivity contribution in [1.82, 2.24) is 20.2 Å². The number of likely N-dealkylation sites (N-methyl/N-ethyl adjacent to an activating group) is 1. The van der Waals surface area contributed by atoms with E-state index in [0.29, 0.717) is 16.8 Å². The van der Waals surface area contributed by atoms with Crippen LogP contribution in [-0.2, 0) is 20.4 Å². The van der Waals surface area contributed by atoms with E-state index in [2.05, 4.69) is 10.3 Å². The summed E-state index contributed by atoms with van der Waals surface area (Å²) in [4.78, 5) is 34.4. The van der Waals surface area contributed by atoms with Crippen molar-refractivity contribution in [2.45, 2.75) is 10.6 Å². The second-order valence-corrected chi connectivity index (χ2v) is 12.8. The fourth-order valence-corrected chi connectivity index (χ4v) is 6.62. The van der Waals surface area contributed by atoms with Gasteiger partial charge in [0, 0.05) is 53.3 Å².